The highest BCUT2D eigenvalue weighted by Gasteiger charge is 2.22. The Morgan fingerprint density at radius 3 is 2.20 bits per heavy atom. The average Bonchev–Trinajstić information content (AvgIpc) is 2.00. The molecule has 1 atom stereocenters. The quantitative estimate of drug-likeness (QED) is 0.719. The van der Waals surface area contributed by atoms with Gasteiger partial charge in [-0.1, -0.05) is 27.4 Å². The van der Waals surface area contributed by atoms with Crippen LogP contribution in [0.25, 0.3) is 0 Å². The second kappa shape index (κ2) is 5.31. The van der Waals surface area contributed by atoms with E-state index >= 15 is 0 Å². The van der Waals surface area contributed by atoms with Crippen LogP contribution in [0.15, 0.2) is 12.2 Å². The highest BCUT2D eigenvalue weighted by atomic mass is 16.1. The number of nitrogens with zero attached hydrogens (tertiary/aromatic N) is 1. The fraction of sp³-hybridized carbons (Fsp3) is 0.750. The van der Waals surface area contributed by atoms with Gasteiger partial charge < -0.3 is 10.2 Å². The first-order chi connectivity index (χ1) is 6.64. The standard InChI is InChI=1S/C12H24N2O/c1-9(8-14(6)7)11(15)13-10(2)12(3,4)5/h10H,1,8H2,2-7H3,(H,13,15). The molecule has 0 aromatic carbocycles. The average molecular weight is 212 g/mol. The Morgan fingerprint density at radius 2 is 1.87 bits per heavy atom. The van der Waals surface area contributed by atoms with Crippen LogP contribution < -0.4 is 5.32 Å². The molecule has 0 saturated heterocycles. The smallest absolute Gasteiger partial charge is 0.248 e. The number of nitrogens with one attached hydrogen (secondary N) is 1. The number of amides is 1. The summed E-state index contributed by atoms with van der Waals surface area (Å²) < 4.78 is 0. The first-order valence-electron chi connectivity index (χ1n) is 5.28. The summed E-state index contributed by atoms with van der Waals surface area (Å²) in [5, 5.41) is 2.96. The van der Waals surface area contributed by atoms with Crippen molar-refractivity contribution >= 4 is 5.91 Å². The fourth-order valence-corrected chi connectivity index (χ4v) is 0.969. The minimum absolute atomic E-state index is 0.0499. The molecule has 0 aromatic rings. The molecule has 0 heterocycles. The van der Waals surface area contributed by atoms with Crippen molar-refractivity contribution < 1.29 is 4.79 Å². The van der Waals surface area contributed by atoms with E-state index < -0.39 is 0 Å². The van der Waals surface area contributed by atoms with Gasteiger partial charge in [-0.25, -0.2) is 0 Å². The number of rotatable bonds is 4. The van der Waals surface area contributed by atoms with E-state index in [-0.39, 0.29) is 17.4 Å². The molecule has 0 bridgehead atoms. The number of carbonyl (C=O) groups excluding carboxylic acids is 1. The van der Waals surface area contributed by atoms with Gasteiger partial charge in [0.25, 0.3) is 0 Å². The van der Waals surface area contributed by atoms with E-state index in [1.54, 1.807) is 0 Å². The molecule has 0 aliphatic heterocycles. The topological polar surface area (TPSA) is 32.3 Å². The van der Waals surface area contributed by atoms with Crippen LogP contribution in [-0.4, -0.2) is 37.5 Å². The van der Waals surface area contributed by atoms with Crippen LogP contribution in [0, 0.1) is 5.41 Å². The Bertz CT molecular complexity index is 238. The normalized spacial score (nSPS) is 13.8. The Labute approximate surface area is 93.5 Å². The minimum Gasteiger partial charge on any atom is -0.349 e. The van der Waals surface area contributed by atoms with Crippen molar-refractivity contribution in [3.63, 3.8) is 0 Å². The van der Waals surface area contributed by atoms with Crippen LogP contribution in [0.1, 0.15) is 27.7 Å². The molecular weight excluding hydrogens is 188 g/mol. The van der Waals surface area contributed by atoms with Gasteiger partial charge in [0.05, 0.1) is 0 Å². The number of carbonyl (C=O) groups is 1. The molecule has 0 spiro atoms. The van der Waals surface area contributed by atoms with E-state index in [2.05, 4.69) is 32.7 Å². The number of hydrogen-bond acceptors (Lipinski definition) is 2. The summed E-state index contributed by atoms with van der Waals surface area (Å²) >= 11 is 0. The molecule has 1 unspecified atom stereocenters. The van der Waals surface area contributed by atoms with Gasteiger partial charge in [0.2, 0.25) is 5.91 Å². The van der Waals surface area contributed by atoms with E-state index in [9.17, 15) is 4.79 Å². The van der Waals surface area contributed by atoms with Crippen LogP contribution >= 0.6 is 0 Å². The molecule has 3 heteroatoms. The van der Waals surface area contributed by atoms with Gasteiger partial charge in [-0.3, -0.25) is 4.79 Å². The van der Waals surface area contributed by atoms with E-state index in [0.717, 1.165) is 0 Å². The maximum absolute atomic E-state index is 11.7. The first-order valence-corrected chi connectivity index (χ1v) is 5.28. The summed E-state index contributed by atoms with van der Waals surface area (Å²) in [5.41, 5.74) is 0.685. The van der Waals surface area contributed by atoms with Gasteiger partial charge in [0, 0.05) is 18.2 Å². The molecule has 88 valence electrons. The molecule has 3 nitrogen and oxygen atoms in total. The van der Waals surface area contributed by atoms with Crippen LogP contribution in [0.2, 0.25) is 0 Å². The second-order valence-electron chi connectivity index (χ2n) is 5.40. The van der Waals surface area contributed by atoms with Gasteiger partial charge >= 0.3 is 0 Å². The molecule has 15 heavy (non-hydrogen) atoms. The third-order valence-corrected chi connectivity index (χ3v) is 2.47. The van der Waals surface area contributed by atoms with Crippen molar-refractivity contribution in [2.75, 3.05) is 20.6 Å². The van der Waals surface area contributed by atoms with Gasteiger partial charge in [-0.2, -0.15) is 0 Å². The largest absolute Gasteiger partial charge is 0.349 e. The van der Waals surface area contributed by atoms with Crippen molar-refractivity contribution in [2.45, 2.75) is 33.7 Å². The summed E-state index contributed by atoms with van der Waals surface area (Å²) in [4.78, 5) is 13.6. The molecule has 0 aliphatic rings. The van der Waals surface area contributed by atoms with E-state index in [4.69, 9.17) is 0 Å². The van der Waals surface area contributed by atoms with Crippen molar-refractivity contribution in [2.24, 2.45) is 5.41 Å². The van der Waals surface area contributed by atoms with E-state index in [1.807, 2.05) is 25.9 Å². The maximum atomic E-state index is 11.7. The summed E-state index contributed by atoms with van der Waals surface area (Å²) in [6.07, 6.45) is 0. The Morgan fingerprint density at radius 1 is 1.40 bits per heavy atom. The van der Waals surface area contributed by atoms with Crippen LogP contribution in [0.4, 0.5) is 0 Å². The van der Waals surface area contributed by atoms with Crippen molar-refractivity contribution in [3.8, 4) is 0 Å². The van der Waals surface area contributed by atoms with Crippen molar-refractivity contribution in [1.29, 1.82) is 0 Å². The monoisotopic (exact) mass is 212 g/mol. The number of likely N-dealkylation sites (N-methyl/N-ethyl adjacent to an activating group) is 1. The first kappa shape index (κ1) is 14.2. The van der Waals surface area contributed by atoms with Gasteiger partial charge in [-0.15, -0.1) is 0 Å². The zero-order chi connectivity index (χ0) is 12.2. The predicted molar refractivity (Wildman–Crippen MR) is 64.8 cm³/mol. The summed E-state index contributed by atoms with van der Waals surface area (Å²) in [7, 11) is 3.84. The van der Waals surface area contributed by atoms with E-state index in [0.29, 0.717) is 12.1 Å². The Hall–Kier alpha value is -0.830. The minimum atomic E-state index is -0.0499. The highest BCUT2D eigenvalue weighted by molar-refractivity contribution is 5.93. The molecule has 0 aliphatic carbocycles. The summed E-state index contributed by atoms with van der Waals surface area (Å²) in [6, 6.07) is 0.143. The third-order valence-electron chi connectivity index (χ3n) is 2.47. The predicted octanol–water partition coefficient (Wildman–Crippen LogP) is 1.65. The second-order valence-corrected chi connectivity index (χ2v) is 5.40. The molecule has 1 N–H and O–H groups in total. The maximum Gasteiger partial charge on any atom is 0.248 e. The molecule has 0 radical (unpaired) electrons. The fourth-order valence-electron chi connectivity index (χ4n) is 0.969. The summed E-state index contributed by atoms with van der Waals surface area (Å²) in [5.74, 6) is -0.0499. The SMILES string of the molecule is C=C(CN(C)C)C(=O)NC(C)C(C)(C)C. The molecule has 1 amide bonds. The van der Waals surface area contributed by atoms with Crippen LogP contribution in [-0.2, 0) is 4.79 Å². The molecule has 0 saturated carbocycles. The van der Waals surface area contributed by atoms with Crippen LogP contribution in [0.5, 0.6) is 0 Å². The number of hydrogen-bond donors (Lipinski definition) is 1. The van der Waals surface area contributed by atoms with Gasteiger partial charge in [0.1, 0.15) is 0 Å². The van der Waals surface area contributed by atoms with Crippen LogP contribution in [0.3, 0.4) is 0 Å². The van der Waals surface area contributed by atoms with Crippen molar-refractivity contribution in [3.05, 3.63) is 12.2 Å². The molecule has 0 aromatic heterocycles. The molecule has 0 fully saturated rings. The van der Waals surface area contributed by atoms with E-state index in [1.165, 1.54) is 0 Å². The molecule has 0 rings (SSSR count). The van der Waals surface area contributed by atoms with Gasteiger partial charge in [0.15, 0.2) is 0 Å². The zero-order valence-corrected chi connectivity index (χ0v) is 10.8. The highest BCUT2D eigenvalue weighted by Crippen LogP contribution is 2.18. The summed E-state index contributed by atoms with van der Waals surface area (Å²) in [6.45, 7) is 12.7. The lowest BCUT2D eigenvalue weighted by Gasteiger charge is -2.28. The Balaban J connectivity index is 4.20. The lowest BCUT2D eigenvalue weighted by Crippen LogP contribution is -2.42. The Kier molecular flexibility index (Phi) is 5.01. The van der Waals surface area contributed by atoms with Gasteiger partial charge in [-0.05, 0) is 26.4 Å². The third kappa shape index (κ3) is 5.57. The van der Waals surface area contributed by atoms with Crippen molar-refractivity contribution in [1.82, 2.24) is 10.2 Å². The lowest BCUT2D eigenvalue weighted by atomic mass is 9.88. The zero-order valence-electron chi connectivity index (χ0n) is 10.8. The molecular formula is C12H24N2O. The lowest BCUT2D eigenvalue weighted by molar-refractivity contribution is -0.118.